The van der Waals surface area contributed by atoms with Crippen molar-refractivity contribution in [2.24, 2.45) is 0 Å². The first-order chi connectivity index (χ1) is 3.56. The second-order valence-electron chi connectivity index (χ2n) is 2.85. The first-order valence-corrected chi connectivity index (χ1v) is 2.63. The third-order valence-electron chi connectivity index (χ3n) is 0.853. The lowest BCUT2D eigenvalue weighted by Gasteiger charge is -2.22. The van der Waals surface area contributed by atoms with Crippen LogP contribution < -0.4 is 0 Å². The SMILES string of the molecule is C[N+](C)(C)CCOO. The highest BCUT2D eigenvalue weighted by molar-refractivity contribution is 4.20. The van der Waals surface area contributed by atoms with Crippen molar-refractivity contribution >= 4 is 0 Å². The third kappa shape index (κ3) is 5.88. The quantitative estimate of drug-likeness (QED) is 0.327. The zero-order valence-electron chi connectivity index (χ0n) is 5.72. The van der Waals surface area contributed by atoms with Crippen molar-refractivity contribution in [3.8, 4) is 0 Å². The highest BCUT2D eigenvalue weighted by atomic mass is 17.1. The van der Waals surface area contributed by atoms with Gasteiger partial charge in [-0.25, -0.2) is 4.89 Å². The highest BCUT2D eigenvalue weighted by Crippen LogP contribution is 1.86. The van der Waals surface area contributed by atoms with Crippen LogP contribution in [0.4, 0.5) is 0 Å². The van der Waals surface area contributed by atoms with Crippen molar-refractivity contribution in [1.29, 1.82) is 0 Å². The molecule has 0 fully saturated rings. The molecule has 50 valence electrons. The summed E-state index contributed by atoms with van der Waals surface area (Å²) in [6, 6.07) is 0. The molecule has 0 unspecified atom stereocenters. The van der Waals surface area contributed by atoms with Gasteiger partial charge >= 0.3 is 0 Å². The molecule has 0 aromatic heterocycles. The van der Waals surface area contributed by atoms with Gasteiger partial charge in [0.2, 0.25) is 0 Å². The summed E-state index contributed by atoms with van der Waals surface area (Å²) in [4.78, 5) is 3.90. The van der Waals surface area contributed by atoms with Gasteiger partial charge in [-0.2, -0.15) is 0 Å². The second-order valence-corrected chi connectivity index (χ2v) is 2.85. The second kappa shape index (κ2) is 3.02. The van der Waals surface area contributed by atoms with E-state index < -0.39 is 0 Å². The van der Waals surface area contributed by atoms with Gasteiger partial charge in [0.15, 0.2) is 0 Å². The van der Waals surface area contributed by atoms with E-state index in [1.54, 1.807) is 0 Å². The van der Waals surface area contributed by atoms with E-state index in [0.29, 0.717) is 6.61 Å². The summed E-state index contributed by atoms with van der Waals surface area (Å²) in [5, 5.41) is 7.92. The van der Waals surface area contributed by atoms with E-state index in [1.807, 2.05) is 21.1 Å². The van der Waals surface area contributed by atoms with Gasteiger partial charge in [-0.3, -0.25) is 5.26 Å². The zero-order chi connectivity index (χ0) is 6.62. The van der Waals surface area contributed by atoms with Crippen LogP contribution in [0.3, 0.4) is 0 Å². The van der Waals surface area contributed by atoms with Crippen LogP contribution >= 0.6 is 0 Å². The molecule has 0 radical (unpaired) electrons. The Morgan fingerprint density at radius 2 is 1.88 bits per heavy atom. The van der Waals surface area contributed by atoms with Crippen molar-refractivity contribution in [2.75, 3.05) is 34.3 Å². The molecule has 0 aliphatic heterocycles. The van der Waals surface area contributed by atoms with Gasteiger partial charge in [0.25, 0.3) is 0 Å². The first kappa shape index (κ1) is 7.88. The van der Waals surface area contributed by atoms with Gasteiger partial charge in [0, 0.05) is 0 Å². The molecule has 0 spiro atoms. The van der Waals surface area contributed by atoms with Crippen LogP contribution in [0, 0.1) is 0 Å². The molecule has 0 aliphatic carbocycles. The lowest BCUT2D eigenvalue weighted by atomic mass is 10.5. The molecule has 0 atom stereocenters. The van der Waals surface area contributed by atoms with Crippen molar-refractivity contribution in [3.05, 3.63) is 0 Å². The standard InChI is InChI=1S/C5H13NO2/c1-6(2,3)4-5-8-7/h4-5H2,1-3H3/p+1. The van der Waals surface area contributed by atoms with E-state index >= 15 is 0 Å². The maximum atomic E-state index is 7.92. The van der Waals surface area contributed by atoms with E-state index in [9.17, 15) is 0 Å². The minimum absolute atomic E-state index is 0.406. The number of hydrogen-bond acceptors (Lipinski definition) is 2. The Morgan fingerprint density at radius 3 is 2.00 bits per heavy atom. The topological polar surface area (TPSA) is 29.5 Å². The van der Waals surface area contributed by atoms with Crippen LogP contribution in [-0.4, -0.2) is 44.0 Å². The van der Waals surface area contributed by atoms with E-state index in [-0.39, 0.29) is 0 Å². The fraction of sp³-hybridized carbons (Fsp3) is 1.00. The molecule has 0 rings (SSSR count). The minimum Gasteiger partial charge on any atom is -0.329 e. The van der Waals surface area contributed by atoms with Gasteiger partial charge in [-0.1, -0.05) is 0 Å². The average Bonchev–Trinajstić information content (AvgIpc) is 1.59. The number of nitrogens with zero attached hydrogens (tertiary/aromatic N) is 1. The fourth-order valence-corrected chi connectivity index (χ4v) is 0.315. The van der Waals surface area contributed by atoms with Gasteiger partial charge in [-0.15, -0.1) is 0 Å². The molecule has 0 saturated carbocycles. The molecule has 0 bridgehead atoms. The van der Waals surface area contributed by atoms with Crippen LogP contribution in [0.2, 0.25) is 0 Å². The van der Waals surface area contributed by atoms with Crippen LogP contribution in [0.5, 0.6) is 0 Å². The van der Waals surface area contributed by atoms with Gasteiger partial charge in [-0.05, 0) is 0 Å². The minimum atomic E-state index is 0.406. The first-order valence-electron chi connectivity index (χ1n) is 2.63. The van der Waals surface area contributed by atoms with Crippen molar-refractivity contribution < 1.29 is 14.6 Å². The molecule has 1 N–H and O–H groups in total. The molecular formula is C5H14NO2+. The predicted octanol–water partition coefficient (Wildman–Crippen LogP) is 0.182. The Morgan fingerprint density at radius 1 is 1.38 bits per heavy atom. The molecular weight excluding hydrogens is 106 g/mol. The monoisotopic (exact) mass is 120 g/mol. The summed E-state index contributed by atoms with van der Waals surface area (Å²) in [6.45, 7) is 1.24. The Labute approximate surface area is 50.0 Å². The van der Waals surface area contributed by atoms with Crippen LogP contribution in [0.15, 0.2) is 0 Å². The molecule has 0 amide bonds. The molecule has 0 aromatic rings. The number of hydrogen-bond donors (Lipinski definition) is 1. The summed E-state index contributed by atoms with van der Waals surface area (Å²) >= 11 is 0. The van der Waals surface area contributed by atoms with Gasteiger partial charge in [0.05, 0.1) is 21.1 Å². The summed E-state index contributed by atoms with van der Waals surface area (Å²) in [7, 11) is 6.12. The molecule has 0 aromatic carbocycles. The van der Waals surface area contributed by atoms with Crippen LogP contribution in [0.25, 0.3) is 0 Å². The van der Waals surface area contributed by atoms with Gasteiger partial charge in [0.1, 0.15) is 13.2 Å². The summed E-state index contributed by atoms with van der Waals surface area (Å²) in [6.07, 6.45) is 0. The Bertz CT molecular complexity index is 57.9. The average molecular weight is 120 g/mol. The molecule has 3 nitrogen and oxygen atoms in total. The number of rotatable bonds is 3. The lowest BCUT2D eigenvalue weighted by Crippen LogP contribution is -2.37. The molecule has 0 aliphatic rings. The van der Waals surface area contributed by atoms with Gasteiger partial charge < -0.3 is 4.48 Å². The Hall–Kier alpha value is -0.120. The van der Waals surface area contributed by atoms with Crippen molar-refractivity contribution in [2.45, 2.75) is 0 Å². The third-order valence-corrected chi connectivity index (χ3v) is 0.853. The largest absolute Gasteiger partial charge is 0.329 e. The number of quaternary nitrogens is 1. The van der Waals surface area contributed by atoms with Crippen LogP contribution in [0.1, 0.15) is 0 Å². The number of likely N-dealkylation sites (N-methyl/N-ethyl adjacent to an activating group) is 1. The van der Waals surface area contributed by atoms with E-state index in [1.165, 1.54) is 0 Å². The maximum absolute atomic E-state index is 7.92. The molecule has 8 heavy (non-hydrogen) atoms. The molecule has 0 heterocycles. The Kier molecular flexibility index (Phi) is 2.97. The Balaban J connectivity index is 3.11. The van der Waals surface area contributed by atoms with Crippen LogP contribution in [-0.2, 0) is 4.89 Å². The van der Waals surface area contributed by atoms with Crippen molar-refractivity contribution in [3.63, 3.8) is 0 Å². The smallest absolute Gasteiger partial charge is 0.131 e. The predicted molar refractivity (Wildman–Crippen MR) is 31.5 cm³/mol. The van der Waals surface area contributed by atoms with E-state index in [2.05, 4.69) is 4.89 Å². The summed E-state index contributed by atoms with van der Waals surface area (Å²) < 4.78 is 0.820. The summed E-state index contributed by atoms with van der Waals surface area (Å²) in [5.74, 6) is 0. The normalized spacial score (nSPS) is 12.0. The lowest BCUT2D eigenvalue weighted by molar-refractivity contribution is -0.871. The van der Waals surface area contributed by atoms with Crippen molar-refractivity contribution in [1.82, 2.24) is 0 Å². The highest BCUT2D eigenvalue weighted by Gasteiger charge is 2.04. The maximum Gasteiger partial charge on any atom is 0.131 e. The van der Waals surface area contributed by atoms with E-state index in [0.717, 1.165) is 11.0 Å². The van der Waals surface area contributed by atoms with E-state index in [4.69, 9.17) is 5.26 Å². The fourth-order valence-electron chi connectivity index (χ4n) is 0.315. The molecule has 0 saturated heterocycles. The zero-order valence-corrected chi connectivity index (χ0v) is 5.72. The molecule has 3 heteroatoms. The summed E-state index contributed by atoms with van der Waals surface area (Å²) in [5.41, 5.74) is 0.